The van der Waals surface area contributed by atoms with Gasteiger partial charge < -0.3 is 19.7 Å². The van der Waals surface area contributed by atoms with Gasteiger partial charge in [-0.15, -0.1) is 0 Å². The summed E-state index contributed by atoms with van der Waals surface area (Å²) in [6.45, 7) is 0.471. The first kappa shape index (κ1) is 16.7. The molecule has 1 atom stereocenters. The van der Waals surface area contributed by atoms with Crippen LogP contribution in [-0.2, 0) is 6.54 Å². The second-order valence-corrected chi connectivity index (χ2v) is 5.57. The van der Waals surface area contributed by atoms with Gasteiger partial charge in [-0.2, -0.15) is 0 Å². The van der Waals surface area contributed by atoms with E-state index in [1.807, 2.05) is 30.3 Å². The summed E-state index contributed by atoms with van der Waals surface area (Å²) in [6.07, 6.45) is 3.80. The summed E-state index contributed by atoms with van der Waals surface area (Å²) in [5, 5.41) is 13.1. The van der Waals surface area contributed by atoms with Gasteiger partial charge >= 0.3 is 6.03 Å². The normalized spacial score (nSPS) is 11.7. The zero-order chi connectivity index (χ0) is 17.5. The number of hydrogen-bond acceptors (Lipinski definition) is 4. The highest BCUT2D eigenvalue weighted by atomic mass is 16.4. The third-order valence-electron chi connectivity index (χ3n) is 3.68. The summed E-state index contributed by atoms with van der Waals surface area (Å²) < 4.78 is 5.23. The maximum atomic E-state index is 12.7. The number of nitrogens with zero attached hydrogens (tertiary/aromatic N) is 2. The topological polar surface area (TPSA) is 78.6 Å². The largest absolute Gasteiger partial charge is 0.467 e. The lowest BCUT2D eigenvalue weighted by Gasteiger charge is -2.25. The minimum Gasteiger partial charge on any atom is -0.467 e. The Morgan fingerprint density at radius 1 is 1.16 bits per heavy atom. The van der Waals surface area contributed by atoms with Crippen molar-refractivity contribution in [1.29, 1.82) is 0 Å². The number of amides is 2. The number of anilines is 1. The Morgan fingerprint density at radius 2 is 2.00 bits per heavy atom. The molecule has 3 rings (SSSR count). The molecule has 3 aromatic rings. The highest BCUT2D eigenvalue weighted by Gasteiger charge is 2.21. The van der Waals surface area contributed by atoms with E-state index in [0.717, 1.165) is 5.56 Å². The fourth-order valence-electron chi connectivity index (χ4n) is 2.44. The number of benzene rings is 1. The van der Waals surface area contributed by atoms with Crippen LogP contribution in [-0.4, -0.2) is 27.6 Å². The van der Waals surface area contributed by atoms with Gasteiger partial charge in [0.25, 0.3) is 0 Å². The van der Waals surface area contributed by atoms with Crippen molar-refractivity contribution in [3.8, 4) is 0 Å². The number of nitrogens with one attached hydrogen (secondary N) is 1. The van der Waals surface area contributed by atoms with Crippen LogP contribution in [0.5, 0.6) is 0 Å². The van der Waals surface area contributed by atoms with E-state index in [-0.39, 0.29) is 12.6 Å². The van der Waals surface area contributed by atoms with Gasteiger partial charge in [-0.05, 0) is 29.8 Å². The average Bonchev–Trinajstić information content (AvgIpc) is 3.18. The SMILES string of the molecule is O=C(Nc1cccnc1)N(Cc1ccccc1)C[C@@H](O)c1ccco1. The Hall–Kier alpha value is -3.12. The molecule has 0 saturated carbocycles. The molecule has 2 amide bonds. The summed E-state index contributed by atoms with van der Waals surface area (Å²) >= 11 is 0. The fourth-order valence-corrected chi connectivity index (χ4v) is 2.44. The van der Waals surface area contributed by atoms with E-state index in [1.54, 1.807) is 36.7 Å². The van der Waals surface area contributed by atoms with Crippen molar-refractivity contribution in [1.82, 2.24) is 9.88 Å². The lowest BCUT2D eigenvalue weighted by atomic mass is 10.2. The monoisotopic (exact) mass is 337 g/mol. The van der Waals surface area contributed by atoms with Crippen LogP contribution in [0.25, 0.3) is 0 Å². The van der Waals surface area contributed by atoms with E-state index < -0.39 is 6.10 Å². The van der Waals surface area contributed by atoms with E-state index in [1.165, 1.54) is 11.2 Å². The number of urea groups is 1. The van der Waals surface area contributed by atoms with Crippen LogP contribution in [0.2, 0.25) is 0 Å². The second kappa shape index (κ2) is 8.12. The van der Waals surface area contributed by atoms with Crippen molar-refractivity contribution in [3.05, 3.63) is 84.6 Å². The van der Waals surface area contributed by atoms with Crippen LogP contribution in [0.15, 0.2) is 77.7 Å². The van der Waals surface area contributed by atoms with Crippen LogP contribution < -0.4 is 5.32 Å². The first-order chi connectivity index (χ1) is 12.2. The molecule has 0 saturated heterocycles. The van der Waals surface area contributed by atoms with Crippen molar-refractivity contribution >= 4 is 11.7 Å². The molecule has 0 spiro atoms. The lowest BCUT2D eigenvalue weighted by Crippen LogP contribution is -2.37. The van der Waals surface area contributed by atoms with Crippen molar-refractivity contribution in [2.45, 2.75) is 12.6 Å². The average molecular weight is 337 g/mol. The molecule has 0 radical (unpaired) electrons. The van der Waals surface area contributed by atoms with Gasteiger partial charge in [-0.3, -0.25) is 4.98 Å². The van der Waals surface area contributed by atoms with Crippen LogP contribution >= 0.6 is 0 Å². The number of pyridine rings is 1. The molecular weight excluding hydrogens is 318 g/mol. The molecule has 0 fully saturated rings. The maximum Gasteiger partial charge on any atom is 0.322 e. The molecule has 1 aromatic carbocycles. The molecule has 25 heavy (non-hydrogen) atoms. The molecule has 2 N–H and O–H groups in total. The smallest absolute Gasteiger partial charge is 0.322 e. The Kier molecular flexibility index (Phi) is 5.43. The molecule has 6 nitrogen and oxygen atoms in total. The van der Waals surface area contributed by atoms with E-state index in [9.17, 15) is 9.90 Å². The van der Waals surface area contributed by atoms with Gasteiger partial charge in [0.2, 0.25) is 0 Å². The molecule has 0 aliphatic heterocycles. The molecule has 0 aliphatic rings. The van der Waals surface area contributed by atoms with Crippen LogP contribution in [0.1, 0.15) is 17.4 Å². The first-order valence-corrected chi connectivity index (χ1v) is 7.94. The second-order valence-electron chi connectivity index (χ2n) is 5.57. The molecule has 128 valence electrons. The van der Waals surface area contributed by atoms with Crippen molar-refractivity contribution < 1.29 is 14.3 Å². The Balaban J connectivity index is 1.74. The summed E-state index contributed by atoms with van der Waals surface area (Å²) in [7, 11) is 0. The molecule has 0 bridgehead atoms. The zero-order valence-electron chi connectivity index (χ0n) is 13.6. The molecule has 0 aliphatic carbocycles. The number of hydrogen-bond donors (Lipinski definition) is 2. The predicted molar refractivity (Wildman–Crippen MR) is 93.8 cm³/mol. The summed E-state index contributed by atoms with van der Waals surface area (Å²) in [5.41, 5.74) is 1.56. The van der Waals surface area contributed by atoms with Crippen LogP contribution in [0, 0.1) is 0 Å². The van der Waals surface area contributed by atoms with Crippen molar-refractivity contribution in [3.63, 3.8) is 0 Å². The fraction of sp³-hybridized carbons (Fsp3) is 0.158. The van der Waals surface area contributed by atoms with E-state index in [0.29, 0.717) is 18.0 Å². The Bertz CT molecular complexity index is 776. The minimum absolute atomic E-state index is 0.106. The third kappa shape index (κ3) is 4.68. The number of carbonyl (C=O) groups is 1. The number of aliphatic hydroxyl groups is 1. The zero-order valence-corrected chi connectivity index (χ0v) is 13.6. The van der Waals surface area contributed by atoms with Crippen molar-refractivity contribution in [2.75, 3.05) is 11.9 Å². The first-order valence-electron chi connectivity index (χ1n) is 7.94. The minimum atomic E-state index is -0.904. The van der Waals surface area contributed by atoms with Gasteiger partial charge in [-0.25, -0.2) is 4.79 Å². The number of aromatic nitrogens is 1. The number of carbonyl (C=O) groups excluding carboxylic acids is 1. The van der Waals surface area contributed by atoms with E-state index in [4.69, 9.17) is 4.42 Å². The summed E-state index contributed by atoms with van der Waals surface area (Å²) in [5.74, 6) is 0.423. The number of furan rings is 1. The summed E-state index contributed by atoms with van der Waals surface area (Å²) in [4.78, 5) is 18.2. The Labute approximate surface area is 145 Å². The van der Waals surface area contributed by atoms with Crippen LogP contribution in [0.4, 0.5) is 10.5 Å². The predicted octanol–water partition coefficient (Wildman–Crippen LogP) is 3.44. The highest BCUT2D eigenvalue weighted by molar-refractivity contribution is 5.89. The van der Waals surface area contributed by atoms with Gasteiger partial charge in [-0.1, -0.05) is 30.3 Å². The van der Waals surface area contributed by atoms with Gasteiger partial charge in [0.15, 0.2) is 0 Å². The van der Waals surface area contributed by atoms with Gasteiger partial charge in [0.05, 0.1) is 24.7 Å². The highest BCUT2D eigenvalue weighted by Crippen LogP contribution is 2.17. The number of rotatable bonds is 6. The molecule has 2 aromatic heterocycles. The lowest BCUT2D eigenvalue weighted by molar-refractivity contribution is 0.105. The van der Waals surface area contributed by atoms with E-state index >= 15 is 0 Å². The molecule has 6 heteroatoms. The number of aliphatic hydroxyl groups excluding tert-OH is 1. The molecule has 0 unspecified atom stereocenters. The quantitative estimate of drug-likeness (QED) is 0.722. The standard InChI is InChI=1S/C19H19N3O3/c23-17(18-9-5-11-25-18)14-22(13-15-6-2-1-3-7-15)19(24)21-16-8-4-10-20-12-16/h1-12,17,23H,13-14H2,(H,21,24)/t17-/m1/s1. The Morgan fingerprint density at radius 3 is 2.68 bits per heavy atom. The maximum absolute atomic E-state index is 12.7. The van der Waals surface area contributed by atoms with Gasteiger partial charge in [0, 0.05) is 12.7 Å². The van der Waals surface area contributed by atoms with E-state index in [2.05, 4.69) is 10.3 Å². The van der Waals surface area contributed by atoms with Crippen molar-refractivity contribution in [2.24, 2.45) is 0 Å². The molecule has 2 heterocycles. The third-order valence-corrected chi connectivity index (χ3v) is 3.68. The van der Waals surface area contributed by atoms with Crippen LogP contribution in [0.3, 0.4) is 0 Å². The molecular formula is C19H19N3O3. The summed E-state index contributed by atoms with van der Waals surface area (Å²) in [6, 6.07) is 16.2. The van der Waals surface area contributed by atoms with Gasteiger partial charge in [0.1, 0.15) is 11.9 Å².